The van der Waals surface area contributed by atoms with E-state index in [1.165, 1.54) is 22.3 Å². The normalized spacial score (nSPS) is 16.4. The molecule has 0 heterocycles. The summed E-state index contributed by atoms with van der Waals surface area (Å²) in [7, 11) is 0. The topological polar surface area (TPSA) is 26.0 Å². The van der Waals surface area contributed by atoms with E-state index in [1.807, 2.05) is 0 Å². The third-order valence-electron chi connectivity index (χ3n) is 4.52. The van der Waals surface area contributed by atoms with Gasteiger partial charge in [0.15, 0.2) is 0 Å². The first-order valence-corrected chi connectivity index (χ1v) is 7.39. The van der Waals surface area contributed by atoms with Gasteiger partial charge in [0.1, 0.15) is 0 Å². The molecule has 2 N–H and O–H groups in total. The molecule has 0 saturated heterocycles. The van der Waals surface area contributed by atoms with Crippen molar-refractivity contribution in [1.82, 2.24) is 0 Å². The molecule has 2 aromatic rings. The summed E-state index contributed by atoms with van der Waals surface area (Å²) in [5.74, 6) is 0.302. The van der Waals surface area contributed by atoms with E-state index in [1.54, 1.807) is 0 Å². The van der Waals surface area contributed by atoms with Crippen LogP contribution in [0.2, 0.25) is 0 Å². The average Bonchev–Trinajstić information content (AvgIpc) is 2.43. The number of rotatable bonds is 1. The second kappa shape index (κ2) is 4.75. The van der Waals surface area contributed by atoms with E-state index in [0.717, 1.165) is 6.42 Å². The molecule has 1 heteroatoms. The summed E-state index contributed by atoms with van der Waals surface area (Å²) in [5, 5.41) is 0. The summed E-state index contributed by atoms with van der Waals surface area (Å²) in [6.45, 7) is 6.70. The van der Waals surface area contributed by atoms with Crippen LogP contribution in [0.4, 0.5) is 0 Å². The molecule has 1 atom stereocenters. The van der Waals surface area contributed by atoms with Crippen molar-refractivity contribution in [2.45, 2.75) is 39.2 Å². The van der Waals surface area contributed by atoms with Crippen LogP contribution in [0.15, 0.2) is 48.5 Å². The van der Waals surface area contributed by atoms with Crippen molar-refractivity contribution < 1.29 is 0 Å². The van der Waals surface area contributed by atoms with Crippen LogP contribution in [-0.2, 0) is 6.42 Å². The quantitative estimate of drug-likeness (QED) is 0.825. The minimum absolute atomic E-state index is 0.0855. The minimum Gasteiger partial charge on any atom is -0.326 e. The molecule has 0 amide bonds. The molecular formula is C19H23N. The molecule has 0 aromatic heterocycles. The van der Waals surface area contributed by atoms with Crippen molar-refractivity contribution in [1.29, 1.82) is 0 Å². The van der Waals surface area contributed by atoms with Crippen molar-refractivity contribution in [3.8, 4) is 0 Å². The van der Waals surface area contributed by atoms with Gasteiger partial charge in [0.25, 0.3) is 0 Å². The second-order valence-electron chi connectivity index (χ2n) is 6.94. The summed E-state index contributed by atoms with van der Waals surface area (Å²) >= 11 is 0. The highest BCUT2D eigenvalue weighted by Crippen LogP contribution is 2.42. The highest BCUT2D eigenvalue weighted by molar-refractivity contribution is 5.50. The predicted molar refractivity (Wildman–Crippen MR) is 85.0 cm³/mol. The number of nitrogens with two attached hydrogens (primary N) is 1. The van der Waals surface area contributed by atoms with Gasteiger partial charge in [0.05, 0.1) is 0 Å². The molecule has 0 fully saturated rings. The number of fused-ring (bicyclic) bond motifs is 2. The minimum atomic E-state index is 0.0855. The van der Waals surface area contributed by atoms with Gasteiger partial charge in [-0.05, 0) is 34.1 Å². The summed E-state index contributed by atoms with van der Waals surface area (Å²) in [6.07, 6.45) is 1.03. The van der Waals surface area contributed by atoms with Crippen LogP contribution in [0.3, 0.4) is 0 Å². The Morgan fingerprint density at radius 1 is 0.900 bits per heavy atom. The van der Waals surface area contributed by atoms with Crippen LogP contribution in [0.25, 0.3) is 0 Å². The lowest BCUT2D eigenvalue weighted by Crippen LogP contribution is -2.42. The third kappa shape index (κ3) is 2.16. The zero-order valence-corrected chi connectivity index (χ0v) is 12.6. The van der Waals surface area contributed by atoms with E-state index in [-0.39, 0.29) is 11.5 Å². The fraction of sp³-hybridized carbons (Fsp3) is 0.368. The van der Waals surface area contributed by atoms with Crippen LogP contribution in [-0.4, -0.2) is 6.04 Å². The van der Waals surface area contributed by atoms with Crippen LogP contribution < -0.4 is 5.73 Å². The first-order chi connectivity index (χ1) is 9.48. The standard InChI is InChI=1S/C19H23N/c1-19(2,3)18(20)17-15-10-6-4-8-13(15)12-14-9-5-7-11-16(14)17/h4-11,17-18H,12,20H2,1-3H3/t18-/m0/s1. The van der Waals surface area contributed by atoms with Crippen LogP contribution in [0, 0.1) is 5.41 Å². The molecule has 1 aliphatic carbocycles. The fourth-order valence-electron chi connectivity index (χ4n) is 3.26. The van der Waals surface area contributed by atoms with E-state index in [2.05, 4.69) is 69.3 Å². The van der Waals surface area contributed by atoms with Gasteiger partial charge in [0, 0.05) is 12.0 Å². The third-order valence-corrected chi connectivity index (χ3v) is 4.52. The smallest absolute Gasteiger partial charge is 0.0252 e. The van der Waals surface area contributed by atoms with Gasteiger partial charge in [-0.2, -0.15) is 0 Å². The highest BCUT2D eigenvalue weighted by atomic mass is 14.7. The van der Waals surface area contributed by atoms with Crippen molar-refractivity contribution >= 4 is 0 Å². The Kier molecular flexibility index (Phi) is 3.18. The molecule has 20 heavy (non-hydrogen) atoms. The van der Waals surface area contributed by atoms with Gasteiger partial charge < -0.3 is 5.73 Å². The zero-order chi connectivity index (χ0) is 14.3. The summed E-state index contributed by atoms with van der Waals surface area (Å²) in [6, 6.07) is 17.6. The second-order valence-corrected chi connectivity index (χ2v) is 6.94. The van der Waals surface area contributed by atoms with Crippen LogP contribution in [0.1, 0.15) is 48.9 Å². The van der Waals surface area contributed by atoms with Crippen LogP contribution in [0.5, 0.6) is 0 Å². The van der Waals surface area contributed by atoms with Gasteiger partial charge >= 0.3 is 0 Å². The molecule has 0 unspecified atom stereocenters. The Morgan fingerprint density at radius 3 is 1.80 bits per heavy atom. The molecule has 0 spiro atoms. The molecule has 3 rings (SSSR count). The predicted octanol–water partition coefficient (Wildman–Crippen LogP) is 4.10. The van der Waals surface area contributed by atoms with Crippen molar-refractivity contribution in [2.75, 3.05) is 0 Å². The average molecular weight is 265 g/mol. The molecule has 1 nitrogen and oxygen atoms in total. The van der Waals surface area contributed by atoms with Crippen molar-refractivity contribution in [3.05, 3.63) is 70.8 Å². The Bertz CT molecular complexity index is 576. The summed E-state index contributed by atoms with van der Waals surface area (Å²) in [5.41, 5.74) is 12.4. The van der Waals surface area contributed by atoms with E-state index >= 15 is 0 Å². The number of benzene rings is 2. The summed E-state index contributed by atoms with van der Waals surface area (Å²) in [4.78, 5) is 0. The molecule has 2 aromatic carbocycles. The van der Waals surface area contributed by atoms with Gasteiger partial charge in [-0.3, -0.25) is 0 Å². The van der Waals surface area contributed by atoms with E-state index in [0.29, 0.717) is 5.92 Å². The molecule has 0 bridgehead atoms. The lowest BCUT2D eigenvalue weighted by molar-refractivity contribution is 0.295. The molecular weight excluding hydrogens is 242 g/mol. The molecule has 0 radical (unpaired) electrons. The van der Waals surface area contributed by atoms with E-state index in [9.17, 15) is 0 Å². The summed E-state index contributed by atoms with van der Waals surface area (Å²) < 4.78 is 0. The Morgan fingerprint density at radius 2 is 1.35 bits per heavy atom. The van der Waals surface area contributed by atoms with E-state index in [4.69, 9.17) is 5.73 Å². The molecule has 0 aliphatic heterocycles. The first-order valence-electron chi connectivity index (χ1n) is 7.39. The molecule has 1 aliphatic rings. The maximum Gasteiger partial charge on any atom is 0.0252 e. The Balaban J connectivity index is 2.17. The van der Waals surface area contributed by atoms with Crippen molar-refractivity contribution in [2.24, 2.45) is 11.1 Å². The van der Waals surface area contributed by atoms with E-state index < -0.39 is 0 Å². The number of hydrogen-bond acceptors (Lipinski definition) is 1. The Labute approximate surface area is 121 Å². The monoisotopic (exact) mass is 265 g/mol. The lowest BCUT2D eigenvalue weighted by atomic mass is 9.68. The molecule has 104 valence electrons. The Hall–Kier alpha value is -1.60. The van der Waals surface area contributed by atoms with Gasteiger partial charge in [-0.25, -0.2) is 0 Å². The SMILES string of the molecule is CC(C)(C)[C@@H](N)C1c2ccccc2Cc2ccccc21. The van der Waals surface area contributed by atoms with Gasteiger partial charge in [-0.1, -0.05) is 69.3 Å². The van der Waals surface area contributed by atoms with Gasteiger partial charge in [-0.15, -0.1) is 0 Å². The van der Waals surface area contributed by atoms with Gasteiger partial charge in [0.2, 0.25) is 0 Å². The largest absolute Gasteiger partial charge is 0.326 e. The highest BCUT2D eigenvalue weighted by Gasteiger charge is 2.35. The lowest BCUT2D eigenvalue weighted by Gasteiger charge is -2.39. The number of hydrogen-bond donors (Lipinski definition) is 1. The maximum atomic E-state index is 6.66. The molecule has 0 saturated carbocycles. The fourth-order valence-corrected chi connectivity index (χ4v) is 3.26. The van der Waals surface area contributed by atoms with Crippen molar-refractivity contribution in [3.63, 3.8) is 0 Å². The maximum absolute atomic E-state index is 6.66. The first kappa shape index (κ1) is 13.4. The van der Waals surface area contributed by atoms with Crippen LogP contribution >= 0.6 is 0 Å². The zero-order valence-electron chi connectivity index (χ0n) is 12.6.